The van der Waals surface area contributed by atoms with E-state index in [0.29, 0.717) is 22.8 Å². The molecule has 1 aliphatic rings. The summed E-state index contributed by atoms with van der Waals surface area (Å²) in [4.78, 5) is 11.8. The van der Waals surface area contributed by atoms with Crippen LogP contribution in [0.5, 0.6) is 11.5 Å². The summed E-state index contributed by atoms with van der Waals surface area (Å²) < 4.78 is 41.3. The number of ether oxygens (including phenoxy) is 2. The quantitative estimate of drug-likeness (QED) is 0.484. The molecule has 2 aromatic carbocycles. The number of halogens is 2. The molecule has 1 aromatic heterocycles. The Bertz CT molecular complexity index is 1110. The van der Waals surface area contributed by atoms with E-state index in [9.17, 15) is 8.78 Å². The van der Waals surface area contributed by atoms with Crippen molar-refractivity contribution in [2.45, 2.75) is 23.7 Å². The first-order chi connectivity index (χ1) is 15.4. The summed E-state index contributed by atoms with van der Waals surface area (Å²) in [5, 5.41) is 4.16. The van der Waals surface area contributed by atoms with E-state index in [1.54, 1.807) is 20.3 Å². The zero-order valence-corrected chi connectivity index (χ0v) is 18.9. The first kappa shape index (κ1) is 22.3. The summed E-state index contributed by atoms with van der Waals surface area (Å²) in [5.74, 6) is -0.876. The fourth-order valence-corrected chi connectivity index (χ4v) is 4.31. The van der Waals surface area contributed by atoms with Crippen molar-refractivity contribution in [1.29, 1.82) is 0 Å². The lowest BCUT2D eigenvalue weighted by atomic mass is 10.1. The number of aromatic nitrogens is 2. The van der Waals surface area contributed by atoms with Crippen LogP contribution >= 0.6 is 11.9 Å². The smallest absolute Gasteiger partial charge is 0.251 e. The molecule has 1 saturated heterocycles. The van der Waals surface area contributed by atoms with E-state index in [4.69, 9.17) is 9.47 Å². The summed E-state index contributed by atoms with van der Waals surface area (Å²) in [6.45, 7) is 0.575. The molecule has 0 unspecified atom stereocenters. The molecule has 7 nitrogen and oxygen atoms in total. The zero-order valence-electron chi connectivity index (χ0n) is 18.1. The molecule has 0 atom stereocenters. The number of hydrogen-bond donors (Lipinski definition) is 2. The highest BCUT2D eigenvalue weighted by molar-refractivity contribution is 7.97. The number of fused-ring (bicyclic) bond motifs is 1. The van der Waals surface area contributed by atoms with Crippen molar-refractivity contribution in [2.24, 2.45) is 0 Å². The van der Waals surface area contributed by atoms with Crippen LogP contribution in [0.3, 0.4) is 0 Å². The summed E-state index contributed by atoms with van der Waals surface area (Å²) in [6.07, 6.45) is 1.16. The Hall–Kier alpha value is -2.85. The molecule has 2 heterocycles. The fourth-order valence-electron chi connectivity index (χ4n) is 3.76. The Kier molecular flexibility index (Phi) is 6.52. The Morgan fingerprint density at radius 1 is 1.03 bits per heavy atom. The Balaban J connectivity index is 1.74. The van der Waals surface area contributed by atoms with Crippen LogP contribution in [0.1, 0.15) is 12.8 Å². The third-order valence-corrected chi connectivity index (χ3v) is 6.11. The van der Waals surface area contributed by atoms with Gasteiger partial charge in [0.05, 0.1) is 31.1 Å². The highest BCUT2D eigenvalue weighted by atomic mass is 32.2. The van der Waals surface area contributed by atoms with Crippen molar-refractivity contribution in [2.75, 3.05) is 44.6 Å². The van der Waals surface area contributed by atoms with Crippen LogP contribution in [0.25, 0.3) is 10.9 Å². The number of piperidine rings is 1. The molecular weight excluding hydrogens is 436 g/mol. The Morgan fingerprint density at radius 3 is 2.44 bits per heavy atom. The first-order valence-electron chi connectivity index (χ1n) is 10.2. The van der Waals surface area contributed by atoms with Gasteiger partial charge in [-0.3, -0.25) is 4.72 Å². The van der Waals surface area contributed by atoms with Crippen LogP contribution in [0.2, 0.25) is 0 Å². The maximum atomic E-state index is 13.7. The van der Waals surface area contributed by atoms with Crippen LogP contribution in [0.15, 0.2) is 41.6 Å². The average molecular weight is 462 g/mol. The van der Waals surface area contributed by atoms with Gasteiger partial charge in [-0.25, -0.2) is 18.7 Å². The maximum Gasteiger partial charge on any atom is 0.251 e. The van der Waals surface area contributed by atoms with Crippen molar-refractivity contribution in [1.82, 2.24) is 14.7 Å². The third kappa shape index (κ3) is 4.66. The van der Waals surface area contributed by atoms with Gasteiger partial charge in [-0.15, -0.1) is 0 Å². The summed E-state index contributed by atoms with van der Waals surface area (Å²) >= 11 is 1.47. The van der Waals surface area contributed by atoms with Crippen molar-refractivity contribution < 1.29 is 18.3 Å². The molecule has 170 valence electrons. The average Bonchev–Trinajstić information content (AvgIpc) is 2.79. The number of rotatable bonds is 7. The van der Waals surface area contributed by atoms with Gasteiger partial charge in [-0.05, 0) is 43.3 Å². The number of hydrogen-bond acceptors (Lipinski definition) is 8. The molecule has 1 fully saturated rings. The summed E-state index contributed by atoms with van der Waals surface area (Å²) in [6, 6.07) is 9.53. The molecule has 1 aliphatic heterocycles. The lowest BCUT2D eigenvalue weighted by Gasteiger charge is -2.34. The largest absolute Gasteiger partial charge is 0.493 e. The highest BCUT2D eigenvalue weighted by Crippen LogP contribution is 2.39. The van der Waals surface area contributed by atoms with Gasteiger partial charge < -0.3 is 19.7 Å². The molecule has 3 aromatic rings. The number of nitrogens with one attached hydrogen (secondary N) is 2. The molecule has 0 amide bonds. The SMILES string of the molecule is CNSc1ccc(N2CCC(F)(F)CC2)c(Nc2ncnc3cc(OC)c(OC)cc23)c1. The Labute approximate surface area is 189 Å². The van der Waals surface area contributed by atoms with E-state index in [1.165, 1.54) is 18.3 Å². The standard InChI is InChI=1S/C22H25F2N5O2S/c1-25-32-14-4-5-18(29-8-6-22(23,24)7-9-29)17(10-14)28-21-15-11-19(30-2)20(31-3)12-16(15)26-13-27-21/h4-5,10-13,25H,6-9H2,1-3H3,(H,26,27,28). The van der Waals surface area contributed by atoms with Gasteiger partial charge in [0, 0.05) is 42.3 Å². The second-order valence-corrected chi connectivity index (χ2v) is 8.48. The van der Waals surface area contributed by atoms with Crippen LogP contribution < -0.4 is 24.4 Å². The van der Waals surface area contributed by atoms with Gasteiger partial charge in [0.15, 0.2) is 11.5 Å². The highest BCUT2D eigenvalue weighted by Gasteiger charge is 2.34. The summed E-state index contributed by atoms with van der Waals surface area (Å²) in [5.41, 5.74) is 2.33. The van der Waals surface area contributed by atoms with Crippen molar-refractivity contribution in [3.63, 3.8) is 0 Å². The van der Waals surface area contributed by atoms with E-state index >= 15 is 0 Å². The van der Waals surface area contributed by atoms with Crippen molar-refractivity contribution >= 4 is 40.0 Å². The predicted octanol–water partition coefficient (Wildman–Crippen LogP) is 4.85. The molecular formula is C22H25F2N5O2S. The van der Waals surface area contributed by atoms with Crippen molar-refractivity contribution in [3.05, 3.63) is 36.7 Å². The van der Waals surface area contributed by atoms with Crippen LogP contribution in [-0.4, -0.2) is 50.2 Å². The number of methoxy groups -OCH3 is 2. The fraction of sp³-hybridized carbons (Fsp3) is 0.364. The predicted molar refractivity (Wildman–Crippen MR) is 124 cm³/mol. The minimum Gasteiger partial charge on any atom is -0.493 e. The lowest BCUT2D eigenvalue weighted by Crippen LogP contribution is -2.39. The molecule has 2 N–H and O–H groups in total. The topological polar surface area (TPSA) is 71.5 Å². The lowest BCUT2D eigenvalue weighted by molar-refractivity contribution is -0.0220. The van der Waals surface area contributed by atoms with E-state index in [0.717, 1.165) is 21.7 Å². The minimum absolute atomic E-state index is 0.160. The number of nitrogens with zero attached hydrogens (tertiary/aromatic N) is 3. The molecule has 10 heteroatoms. The summed E-state index contributed by atoms with van der Waals surface area (Å²) in [7, 11) is 4.99. The Morgan fingerprint density at radius 2 is 1.75 bits per heavy atom. The van der Waals surface area contributed by atoms with E-state index < -0.39 is 5.92 Å². The van der Waals surface area contributed by atoms with Gasteiger partial charge in [0.25, 0.3) is 5.92 Å². The van der Waals surface area contributed by atoms with E-state index in [2.05, 4.69) is 20.0 Å². The monoisotopic (exact) mass is 461 g/mol. The molecule has 32 heavy (non-hydrogen) atoms. The van der Waals surface area contributed by atoms with Gasteiger partial charge in [-0.2, -0.15) is 0 Å². The number of anilines is 3. The van der Waals surface area contributed by atoms with Gasteiger partial charge in [-0.1, -0.05) is 0 Å². The first-order valence-corrected chi connectivity index (χ1v) is 11.0. The van der Waals surface area contributed by atoms with Crippen LogP contribution in [0, 0.1) is 0 Å². The van der Waals surface area contributed by atoms with E-state index in [-0.39, 0.29) is 25.9 Å². The van der Waals surface area contributed by atoms with Crippen molar-refractivity contribution in [3.8, 4) is 11.5 Å². The third-order valence-electron chi connectivity index (χ3n) is 5.42. The second kappa shape index (κ2) is 9.33. The zero-order chi connectivity index (χ0) is 22.7. The number of benzene rings is 2. The molecule has 0 saturated carbocycles. The van der Waals surface area contributed by atoms with Gasteiger partial charge >= 0.3 is 0 Å². The number of alkyl halides is 2. The maximum absolute atomic E-state index is 13.7. The molecule has 0 bridgehead atoms. The molecule has 4 rings (SSSR count). The van der Waals surface area contributed by atoms with E-state index in [1.807, 2.05) is 36.2 Å². The molecule has 0 radical (unpaired) electrons. The van der Waals surface area contributed by atoms with Crippen LogP contribution in [-0.2, 0) is 0 Å². The van der Waals surface area contributed by atoms with Crippen LogP contribution in [0.4, 0.5) is 26.0 Å². The normalized spacial score (nSPS) is 15.6. The second-order valence-electron chi connectivity index (χ2n) is 7.40. The van der Waals surface area contributed by atoms with Gasteiger partial charge in [0.2, 0.25) is 0 Å². The molecule has 0 aliphatic carbocycles. The van der Waals surface area contributed by atoms with Gasteiger partial charge in [0.1, 0.15) is 12.1 Å². The molecule has 0 spiro atoms. The minimum atomic E-state index is -2.61.